The highest BCUT2D eigenvalue weighted by Crippen LogP contribution is 2.38. The highest BCUT2D eigenvalue weighted by molar-refractivity contribution is 6.26. The van der Waals surface area contributed by atoms with Crippen LogP contribution in [0.5, 0.6) is 0 Å². The summed E-state index contributed by atoms with van der Waals surface area (Å²) in [5.41, 5.74) is 5.01. The summed E-state index contributed by atoms with van der Waals surface area (Å²) in [5.74, 6) is -0.260. The second-order valence-electron chi connectivity index (χ2n) is 4.55. The zero-order chi connectivity index (χ0) is 13.2. The quantitative estimate of drug-likeness (QED) is 0.764. The molecule has 0 saturated carbocycles. The lowest BCUT2D eigenvalue weighted by Crippen LogP contribution is -2.04. The van der Waals surface area contributed by atoms with Crippen LogP contribution >= 0.6 is 0 Å². The van der Waals surface area contributed by atoms with Crippen LogP contribution < -0.4 is 0 Å². The van der Waals surface area contributed by atoms with Crippen molar-refractivity contribution in [2.24, 2.45) is 0 Å². The molecule has 3 rings (SSSR count). The van der Waals surface area contributed by atoms with Gasteiger partial charge in [-0.15, -0.1) is 0 Å². The van der Waals surface area contributed by atoms with Crippen molar-refractivity contribution in [1.29, 1.82) is 0 Å². The molecule has 0 heterocycles. The van der Waals surface area contributed by atoms with Gasteiger partial charge < -0.3 is 4.74 Å². The molecule has 0 amide bonds. The van der Waals surface area contributed by atoms with Crippen LogP contribution in [0.25, 0.3) is 11.1 Å². The molecule has 94 valence electrons. The van der Waals surface area contributed by atoms with E-state index in [1.54, 1.807) is 0 Å². The van der Waals surface area contributed by atoms with Crippen LogP contribution in [0.2, 0.25) is 0 Å². The van der Waals surface area contributed by atoms with Gasteiger partial charge in [-0.2, -0.15) is 0 Å². The van der Waals surface area contributed by atoms with Crippen molar-refractivity contribution in [2.45, 2.75) is 6.42 Å². The average molecular weight is 250 g/mol. The molecule has 0 unspecified atom stereocenters. The Balaban J connectivity index is 2.19. The van der Waals surface area contributed by atoms with Crippen LogP contribution in [-0.4, -0.2) is 13.1 Å². The highest BCUT2D eigenvalue weighted by Gasteiger charge is 2.27. The molecule has 0 fully saturated rings. The standard InChI is InChI=1S/C17H14O2/c1-19-17(18)16-14-10-6-5-9-13(14)11-15(16)12-7-3-2-4-8-12/h2-10H,11H2,1H3. The summed E-state index contributed by atoms with van der Waals surface area (Å²) < 4.78 is 4.95. The maximum atomic E-state index is 12.1. The molecule has 0 saturated heterocycles. The summed E-state index contributed by atoms with van der Waals surface area (Å²) in [4.78, 5) is 12.1. The van der Waals surface area contributed by atoms with Gasteiger partial charge in [0, 0.05) is 0 Å². The summed E-state index contributed by atoms with van der Waals surface area (Å²) in [5, 5.41) is 0. The minimum atomic E-state index is -0.260. The third kappa shape index (κ3) is 1.95. The molecule has 2 nitrogen and oxygen atoms in total. The second kappa shape index (κ2) is 4.73. The first kappa shape index (κ1) is 11.7. The number of esters is 1. The first-order chi connectivity index (χ1) is 9.31. The van der Waals surface area contributed by atoms with Crippen molar-refractivity contribution in [3.05, 3.63) is 71.3 Å². The Hall–Kier alpha value is -2.35. The number of rotatable bonds is 2. The van der Waals surface area contributed by atoms with Crippen molar-refractivity contribution in [3.63, 3.8) is 0 Å². The number of allylic oxidation sites excluding steroid dienone is 1. The first-order valence-electron chi connectivity index (χ1n) is 6.26. The van der Waals surface area contributed by atoms with Gasteiger partial charge in [-0.25, -0.2) is 4.79 Å². The maximum absolute atomic E-state index is 12.1. The highest BCUT2D eigenvalue weighted by atomic mass is 16.5. The second-order valence-corrected chi connectivity index (χ2v) is 4.55. The maximum Gasteiger partial charge on any atom is 0.338 e. The Morgan fingerprint density at radius 2 is 1.68 bits per heavy atom. The monoisotopic (exact) mass is 250 g/mol. The fourth-order valence-corrected chi connectivity index (χ4v) is 2.58. The van der Waals surface area contributed by atoms with Gasteiger partial charge in [0.2, 0.25) is 0 Å². The number of ether oxygens (including phenoxy) is 1. The Kier molecular flexibility index (Phi) is 2.92. The van der Waals surface area contributed by atoms with Crippen LogP contribution in [0, 0.1) is 0 Å². The van der Waals surface area contributed by atoms with Crippen LogP contribution in [-0.2, 0) is 16.0 Å². The van der Waals surface area contributed by atoms with Gasteiger partial charge in [-0.05, 0) is 28.7 Å². The van der Waals surface area contributed by atoms with Gasteiger partial charge in [0.05, 0.1) is 12.7 Å². The number of fused-ring (bicyclic) bond motifs is 1. The summed E-state index contributed by atoms with van der Waals surface area (Å²) >= 11 is 0. The molecule has 0 atom stereocenters. The predicted octanol–water partition coefficient (Wildman–Crippen LogP) is 3.33. The molecule has 0 N–H and O–H groups in total. The molecule has 1 aliphatic rings. The van der Waals surface area contributed by atoms with E-state index in [1.807, 2.05) is 48.5 Å². The normalized spacial score (nSPS) is 13.3. The number of hydrogen-bond acceptors (Lipinski definition) is 2. The Morgan fingerprint density at radius 1 is 1.00 bits per heavy atom. The Bertz CT molecular complexity index is 654. The van der Waals surface area contributed by atoms with E-state index < -0.39 is 0 Å². The summed E-state index contributed by atoms with van der Waals surface area (Å²) in [6.45, 7) is 0. The van der Waals surface area contributed by atoms with Crippen molar-refractivity contribution in [2.75, 3.05) is 7.11 Å². The van der Waals surface area contributed by atoms with Crippen molar-refractivity contribution < 1.29 is 9.53 Å². The molecule has 1 aliphatic carbocycles. The Labute approximate surface area is 112 Å². The zero-order valence-electron chi connectivity index (χ0n) is 10.7. The largest absolute Gasteiger partial charge is 0.465 e. The molecule has 0 radical (unpaired) electrons. The molecule has 19 heavy (non-hydrogen) atoms. The van der Waals surface area contributed by atoms with E-state index >= 15 is 0 Å². The van der Waals surface area contributed by atoms with Gasteiger partial charge in [0.25, 0.3) is 0 Å². The number of methoxy groups -OCH3 is 1. The van der Waals surface area contributed by atoms with Gasteiger partial charge in [-0.1, -0.05) is 54.6 Å². The summed E-state index contributed by atoms with van der Waals surface area (Å²) in [7, 11) is 1.43. The number of carbonyl (C=O) groups is 1. The lowest BCUT2D eigenvalue weighted by atomic mass is 10.0. The van der Waals surface area contributed by atoms with Crippen molar-refractivity contribution in [3.8, 4) is 0 Å². The van der Waals surface area contributed by atoms with Crippen molar-refractivity contribution >= 4 is 17.1 Å². The van der Waals surface area contributed by atoms with E-state index in [0.717, 1.165) is 23.1 Å². The third-order valence-corrected chi connectivity index (χ3v) is 3.47. The lowest BCUT2D eigenvalue weighted by molar-refractivity contribution is -0.133. The summed E-state index contributed by atoms with van der Waals surface area (Å²) in [6, 6.07) is 18.0. The fourth-order valence-electron chi connectivity index (χ4n) is 2.58. The van der Waals surface area contributed by atoms with E-state index in [9.17, 15) is 4.79 Å². The minimum Gasteiger partial charge on any atom is -0.465 e. The summed E-state index contributed by atoms with van der Waals surface area (Å²) in [6.07, 6.45) is 0.782. The topological polar surface area (TPSA) is 26.3 Å². The lowest BCUT2D eigenvalue weighted by Gasteiger charge is -2.06. The van der Waals surface area contributed by atoms with Gasteiger partial charge >= 0.3 is 5.97 Å². The molecule has 0 aliphatic heterocycles. The third-order valence-electron chi connectivity index (χ3n) is 3.47. The SMILES string of the molecule is COC(=O)C1=C(c2ccccc2)Cc2ccccc21. The van der Waals surface area contributed by atoms with E-state index in [1.165, 1.54) is 12.7 Å². The average Bonchev–Trinajstić information content (AvgIpc) is 2.87. The molecule has 0 spiro atoms. The molecular weight excluding hydrogens is 236 g/mol. The minimum absolute atomic E-state index is 0.260. The van der Waals surface area contributed by atoms with E-state index in [2.05, 4.69) is 6.07 Å². The smallest absolute Gasteiger partial charge is 0.338 e. The van der Waals surface area contributed by atoms with E-state index in [4.69, 9.17) is 4.74 Å². The molecule has 2 heteroatoms. The number of benzene rings is 2. The number of hydrogen-bond donors (Lipinski definition) is 0. The van der Waals surface area contributed by atoms with E-state index in [-0.39, 0.29) is 5.97 Å². The number of carbonyl (C=O) groups excluding carboxylic acids is 1. The predicted molar refractivity (Wildman–Crippen MR) is 75.4 cm³/mol. The molecule has 2 aromatic rings. The molecule has 0 bridgehead atoms. The zero-order valence-corrected chi connectivity index (χ0v) is 10.7. The Morgan fingerprint density at radius 3 is 2.42 bits per heavy atom. The molecule has 0 aromatic heterocycles. The molecule has 2 aromatic carbocycles. The van der Waals surface area contributed by atoms with Crippen LogP contribution in [0.15, 0.2) is 54.6 Å². The fraction of sp³-hybridized carbons (Fsp3) is 0.118. The van der Waals surface area contributed by atoms with Crippen LogP contribution in [0.1, 0.15) is 16.7 Å². The van der Waals surface area contributed by atoms with Crippen LogP contribution in [0.4, 0.5) is 0 Å². The first-order valence-corrected chi connectivity index (χ1v) is 6.26. The molecular formula is C17H14O2. The van der Waals surface area contributed by atoms with Gasteiger partial charge in [-0.3, -0.25) is 0 Å². The van der Waals surface area contributed by atoms with Crippen LogP contribution in [0.3, 0.4) is 0 Å². The van der Waals surface area contributed by atoms with Crippen molar-refractivity contribution in [1.82, 2.24) is 0 Å². The van der Waals surface area contributed by atoms with Gasteiger partial charge in [0.1, 0.15) is 0 Å². The van der Waals surface area contributed by atoms with E-state index in [0.29, 0.717) is 5.57 Å². The van der Waals surface area contributed by atoms with Gasteiger partial charge in [0.15, 0.2) is 0 Å².